The molecule has 0 amide bonds. The maximum atomic E-state index is 12.4. The van der Waals surface area contributed by atoms with Crippen LogP contribution >= 0.6 is 0 Å². The van der Waals surface area contributed by atoms with Gasteiger partial charge < -0.3 is 5.11 Å². The highest BCUT2D eigenvalue weighted by atomic mass is 32.2. The molecule has 1 aliphatic carbocycles. The Balaban J connectivity index is 2.32. The van der Waals surface area contributed by atoms with Gasteiger partial charge >= 0.3 is 5.97 Å². The summed E-state index contributed by atoms with van der Waals surface area (Å²) in [6.07, 6.45) is 2.88. The van der Waals surface area contributed by atoms with E-state index in [0.717, 1.165) is 24.8 Å². The van der Waals surface area contributed by atoms with Crippen molar-refractivity contribution in [1.29, 1.82) is 0 Å². The minimum atomic E-state index is -3.84. The topological polar surface area (TPSA) is 83.5 Å². The monoisotopic (exact) mass is 311 g/mol. The molecule has 6 heteroatoms. The minimum Gasteiger partial charge on any atom is -0.480 e. The van der Waals surface area contributed by atoms with Crippen molar-refractivity contribution in [2.45, 2.75) is 51.0 Å². The second kappa shape index (κ2) is 5.42. The SMILES string of the molecule is CC(C)(C)[C@@H](NS(=O)(=O)c1ccc2c(c1)CCC2)C(=O)O. The average molecular weight is 311 g/mol. The minimum absolute atomic E-state index is 0.138. The van der Waals surface area contributed by atoms with Gasteiger partial charge in [-0.1, -0.05) is 26.8 Å². The molecule has 0 bridgehead atoms. The third-order valence-corrected chi connectivity index (χ3v) is 5.19. The van der Waals surface area contributed by atoms with E-state index in [2.05, 4.69) is 4.72 Å². The summed E-state index contributed by atoms with van der Waals surface area (Å²) in [5.41, 5.74) is 1.51. The number of rotatable bonds is 4. The highest BCUT2D eigenvalue weighted by molar-refractivity contribution is 7.89. The van der Waals surface area contributed by atoms with Gasteiger partial charge in [0.2, 0.25) is 10.0 Å². The molecule has 21 heavy (non-hydrogen) atoms. The quantitative estimate of drug-likeness (QED) is 0.890. The van der Waals surface area contributed by atoms with Crippen molar-refractivity contribution in [2.24, 2.45) is 5.41 Å². The number of carboxylic acid groups (broad SMARTS) is 1. The van der Waals surface area contributed by atoms with Crippen LogP contribution < -0.4 is 4.72 Å². The third-order valence-electron chi connectivity index (χ3n) is 3.77. The van der Waals surface area contributed by atoms with Crippen LogP contribution in [0.15, 0.2) is 23.1 Å². The number of carbonyl (C=O) groups is 1. The van der Waals surface area contributed by atoms with Gasteiger partial charge in [0.1, 0.15) is 6.04 Å². The summed E-state index contributed by atoms with van der Waals surface area (Å²) in [5, 5.41) is 9.25. The van der Waals surface area contributed by atoms with Gasteiger partial charge in [-0.15, -0.1) is 0 Å². The first-order chi connectivity index (χ1) is 9.61. The normalized spacial score (nSPS) is 16.5. The number of aliphatic carboxylic acids is 1. The van der Waals surface area contributed by atoms with Crippen molar-refractivity contribution in [2.75, 3.05) is 0 Å². The zero-order valence-electron chi connectivity index (χ0n) is 12.5. The maximum absolute atomic E-state index is 12.4. The van der Waals surface area contributed by atoms with Crippen LogP contribution in [0.5, 0.6) is 0 Å². The lowest BCUT2D eigenvalue weighted by Crippen LogP contribution is -2.48. The van der Waals surface area contributed by atoms with E-state index in [4.69, 9.17) is 0 Å². The Morgan fingerprint density at radius 1 is 1.24 bits per heavy atom. The van der Waals surface area contributed by atoms with Crippen molar-refractivity contribution < 1.29 is 18.3 Å². The van der Waals surface area contributed by atoms with E-state index in [1.54, 1.807) is 32.9 Å². The van der Waals surface area contributed by atoms with Gasteiger partial charge in [-0.2, -0.15) is 4.72 Å². The summed E-state index contributed by atoms with van der Waals surface area (Å²) in [6, 6.07) is 3.86. The number of benzene rings is 1. The molecule has 0 saturated heterocycles. The highest BCUT2D eigenvalue weighted by Gasteiger charge is 2.35. The van der Waals surface area contributed by atoms with E-state index >= 15 is 0 Å². The van der Waals surface area contributed by atoms with Crippen molar-refractivity contribution in [3.05, 3.63) is 29.3 Å². The van der Waals surface area contributed by atoms with Gasteiger partial charge in [0.05, 0.1) is 4.90 Å². The molecule has 0 heterocycles. The molecule has 1 aromatic carbocycles. The van der Waals surface area contributed by atoms with Gasteiger partial charge in [0.25, 0.3) is 0 Å². The molecule has 1 aromatic rings. The van der Waals surface area contributed by atoms with Crippen molar-refractivity contribution in [3.63, 3.8) is 0 Å². The Bertz CT molecular complexity index is 659. The first kappa shape index (κ1) is 16.0. The molecule has 0 aromatic heterocycles. The van der Waals surface area contributed by atoms with Crippen molar-refractivity contribution in [1.82, 2.24) is 4.72 Å². The first-order valence-electron chi connectivity index (χ1n) is 6.98. The molecule has 1 atom stereocenters. The fraction of sp³-hybridized carbons (Fsp3) is 0.533. The summed E-state index contributed by atoms with van der Waals surface area (Å²) in [6.45, 7) is 5.07. The number of fused-ring (bicyclic) bond motifs is 1. The average Bonchev–Trinajstić information content (AvgIpc) is 2.81. The number of hydrogen-bond acceptors (Lipinski definition) is 3. The Morgan fingerprint density at radius 2 is 1.86 bits per heavy atom. The molecule has 1 aliphatic rings. The van der Waals surface area contributed by atoms with E-state index in [1.807, 2.05) is 6.07 Å². The summed E-state index contributed by atoms with van der Waals surface area (Å²) < 4.78 is 27.2. The van der Waals surface area contributed by atoms with Crippen LogP contribution in [0, 0.1) is 5.41 Å². The number of nitrogens with one attached hydrogen (secondary N) is 1. The zero-order chi connectivity index (χ0) is 15.8. The Hall–Kier alpha value is -1.40. The van der Waals surface area contributed by atoms with E-state index in [9.17, 15) is 18.3 Å². The molecule has 0 saturated carbocycles. The lowest BCUT2D eigenvalue weighted by molar-refractivity contribution is -0.141. The van der Waals surface area contributed by atoms with Gasteiger partial charge in [-0.3, -0.25) is 4.79 Å². The largest absolute Gasteiger partial charge is 0.480 e. The molecule has 0 radical (unpaired) electrons. The summed E-state index contributed by atoms with van der Waals surface area (Å²) in [5.74, 6) is -1.17. The molecule has 0 spiro atoms. The molecule has 2 rings (SSSR count). The molecular weight excluding hydrogens is 290 g/mol. The van der Waals surface area contributed by atoms with Gasteiger partial charge in [0.15, 0.2) is 0 Å². The number of hydrogen-bond donors (Lipinski definition) is 2. The lowest BCUT2D eigenvalue weighted by Gasteiger charge is -2.27. The number of carboxylic acids is 1. The molecule has 0 fully saturated rings. The Kier molecular flexibility index (Phi) is 4.13. The Labute approximate surface area is 125 Å². The van der Waals surface area contributed by atoms with Crippen LogP contribution in [0.2, 0.25) is 0 Å². The van der Waals surface area contributed by atoms with Crippen LogP contribution in [0.1, 0.15) is 38.3 Å². The van der Waals surface area contributed by atoms with Crippen LogP contribution in [0.25, 0.3) is 0 Å². The van der Waals surface area contributed by atoms with Crippen LogP contribution in [-0.2, 0) is 27.7 Å². The molecule has 2 N–H and O–H groups in total. The number of aryl methyl sites for hydroxylation is 2. The van der Waals surface area contributed by atoms with Crippen LogP contribution in [0.4, 0.5) is 0 Å². The second-order valence-electron chi connectivity index (χ2n) is 6.54. The summed E-state index contributed by atoms with van der Waals surface area (Å²) >= 11 is 0. The second-order valence-corrected chi connectivity index (χ2v) is 8.26. The van der Waals surface area contributed by atoms with E-state index in [0.29, 0.717) is 0 Å². The van der Waals surface area contributed by atoms with Gasteiger partial charge in [-0.05, 0) is 47.9 Å². The predicted molar refractivity (Wildman–Crippen MR) is 79.7 cm³/mol. The van der Waals surface area contributed by atoms with E-state index in [1.165, 1.54) is 5.56 Å². The molecular formula is C15H21NO4S. The zero-order valence-corrected chi connectivity index (χ0v) is 13.3. The van der Waals surface area contributed by atoms with Crippen molar-refractivity contribution in [3.8, 4) is 0 Å². The van der Waals surface area contributed by atoms with E-state index in [-0.39, 0.29) is 4.90 Å². The highest BCUT2D eigenvalue weighted by Crippen LogP contribution is 2.26. The first-order valence-corrected chi connectivity index (χ1v) is 8.46. The molecule has 0 aliphatic heterocycles. The molecule has 5 nitrogen and oxygen atoms in total. The summed E-state index contributed by atoms with van der Waals surface area (Å²) in [7, 11) is -3.84. The Morgan fingerprint density at radius 3 is 2.43 bits per heavy atom. The third kappa shape index (κ3) is 3.44. The van der Waals surface area contributed by atoms with Gasteiger partial charge in [0, 0.05) is 0 Å². The summed E-state index contributed by atoms with van der Waals surface area (Å²) in [4.78, 5) is 11.5. The predicted octanol–water partition coefficient (Wildman–Crippen LogP) is 1.95. The standard InChI is InChI=1S/C15H21NO4S/c1-15(2,3)13(14(17)18)16-21(19,20)12-8-7-10-5-4-6-11(10)9-12/h7-9,13,16H,4-6H2,1-3H3,(H,17,18)/t13-/m0/s1. The van der Waals surface area contributed by atoms with E-state index < -0.39 is 27.4 Å². The smallest absolute Gasteiger partial charge is 0.322 e. The van der Waals surface area contributed by atoms with Crippen LogP contribution in [-0.4, -0.2) is 25.5 Å². The van der Waals surface area contributed by atoms with Gasteiger partial charge in [-0.25, -0.2) is 8.42 Å². The molecule has 116 valence electrons. The fourth-order valence-electron chi connectivity index (χ4n) is 2.54. The maximum Gasteiger partial charge on any atom is 0.322 e. The molecule has 0 unspecified atom stereocenters. The van der Waals surface area contributed by atoms with Crippen molar-refractivity contribution >= 4 is 16.0 Å². The fourth-order valence-corrected chi connectivity index (χ4v) is 3.98. The number of sulfonamides is 1. The van der Waals surface area contributed by atoms with Crippen LogP contribution in [0.3, 0.4) is 0 Å². The lowest BCUT2D eigenvalue weighted by atomic mass is 9.88.